The predicted molar refractivity (Wildman–Crippen MR) is 55.8 cm³/mol. The highest BCUT2D eigenvalue weighted by molar-refractivity contribution is 6.31. The molecule has 1 amide bonds. The van der Waals surface area contributed by atoms with Crippen LogP contribution in [0.2, 0.25) is 5.02 Å². The lowest BCUT2D eigenvalue weighted by molar-refractivity contribution is -0.0462. The first-order chi connectivity index (χ1) is 7.85. The number of aliphatic hydroxyl groups excluding tert-OH is 1. The molecule has 0 aliphatic carbocycles. The Balaban J connectivity index is 2.68. The Labute approximate surface area is 100 Å². The molecular weight excluding hydrogens is 259 g/mol. The Morgan fingerprint density at radius 1 is 1.47 bits per heavy atom. The van der Waals surface area contributed by atoms with Crippen LogP contribution in [0.1, 0.15) is 10.4 Å². The number of benzene rings is 1. The molecule has 0 unspecified atom stereocenters. The number of alkyl halides is 2. The van der Waals surface area contributed by atoms with Gasteiger partial charge in [-0.15, -0.1) is 0 Å². The average Bonchev–Trinajstić information content (AvgIpc) is 2.30. The van der Waals surface area contributed by atoms with Gasteiger partial charge in [-0.3, -0.25) is 4.79 Å². The quantitative estimate of drug-likeness (QED) is 0.874. The van der Waals surface area contributed by atoms with Crippen molar-refractivity contribution in [3.05, 3.63) is 34.6 Å². The van der Waals surface area contributed by atoms with Gasteiger partial charge in [0.25, 0.3) is 11.8 Å². The maximum atomic E-state index is 12.8. The van der Waals surface area contributed by atoms with E-state index in [1.54, 1.807) is 0 Å². The molecule has 0 heterocycles. The molecule has 0 fully saturated rings. The maximum absolute atomic E-state index is 12.8. The molecule has 3 nitrogen and oxygen atoms in total. The molecule has 17 heavy (non-hydrogen) atoms. The van der Waals surface area contributed by atoms with Gasteiger partial charge < -0.3 is 10.4 Å². The van der Waals surface area contributed by atoms with Crippen LogP contribution in [-0.2, 0) is 0 Å². The lowest BCUT2D eigenvalue weighted by Gasteiger charge is -2.13. The van der Waals surface area contributed by atoms with Crippen molar-refractivity contribution in [2.45, 2.75) is 5.92 Å². The summed E-state index contributed by atoms with van der Waals surface area (Å²) < 4.78 is 38.0. The van der Waals surface area contributed by atoms with Gasteiger partial charge in [0.05, 0.1) is 11.6 Å². The van der Waals surface area contributed by atoms with Crippen LogP contribution in [0.15, 0.2) is 18.2 Å². The first kappa shape index (κ1) is 13.8. The molecule has 0 spiro atoms. The number of rotatable bonds is 4. The van der Waals surface area contributed by atoms with Crippen LogP contribution in [0, 0.1) is 5.82 Å². The zero-order valence-electron chi connectivity index (χ0n) is 8.51. The van der Waals surface area contributed by atoms with E-state index in [4.69, 9.17) is 16.7 Å². The fourth-order valence-electron chi connectivity index (χ4n) is 1.00. The Kier molecular flexibility index (Phi) is 4.36. The molecule has 0 atom stereocenters. The molecule has 2 N–H and O–H groups in total. The van der Waals surface area contributed by atoms with Gasteiger partial charge in [0.15, 0.2) is 0 Å². The number of hydrogen-bond donors (Lipinski definition) is 2. The third kappa shape index (κ3) is 3.90. The summed E-state index contributed by atoms with van der Waals surface area (Å²) in [4.78, 5) is 11.4. The predicted octanol–water partition coefficient (Wildman–Crippen LogP) is 1.84. The summed E-state index contributed by atoms with van der Waals surface area (Å²) in [6.45, 7) is -2.37. The second-order valence-electron chi connectivity index (χ2n) is 3.33. The molecule has 1 rings (SSSR count). The van der Waals surface area contributed by atoms with E-state index >= 15 is 0 Å². The minimum atomic E-state index is -3.39. The van der Waals surface area contributed by atoms with Crippen molar-refractivity contribution in [3.8, 4) is 0 Å². The number of aliphatic hydroxyl groups is 1. The smallest absolute Gasteiger partial charge is 0.287 e. The van der Waals surface area contributed by atoms with Gasteiger partial charge >= 0.3 is 0 Å². The van der Waals surface area contributed by atoms with Gasteiger partial charge in [0, 0.05) is 5.56 Å². The second-order valence-corrected chi connectivity index (χ2v) is 3.73. The molecular formula is C10H9ClF3NO2. The molecule has 0 aromatic heterocycles. The average molecular weight is 268 g/mol. The highest BCUT2D eigenvalue weighted by atomic mass is 35.5. The molecule has 1 aromatic carbocycles. The lowest BCUT2D eigenvalue weighted by atomic mass is 10.2. The number of carbonyl (C=O) groups is 1. The molecule has 0 aliphatic rings. The van der Waals surface area contributed by atoms with E-state index in [-0.39, 0.29) is 10.6 Å². The Morgan fingerprint density at radius 2 is 2.12 bits per heavy atom. The summed E-state index contributed by atoms with van der Waals surface area (Å²) in [6, 6.07) is 3.11. The van der Waals surface area contributed by atoms with E-state index in [1.807, 2.05) is 5.32 Å². The number of nitrogens with one attached hydrogen (secondary N) is 1. The summed E-state index contributed by atoms with van der Waals surface area (Å²) in [5, 5.41) is 9.92. The Hall–Kier alpha value is -1.27. The van der Waals surface area contributed by atoms with E-state index < -0.39 is 30.8 Å². The summed E-state index contributed by atoms with van der Waals surface area (Å²) >= 11 is 5.43. The van der Waals surface area contributed by atoms with Crippen molar-refractivity contribution in [2.75, 3.05) is 13.2 Å². The first-order valence-corrected chi connectivity index (χ1v) is 4.95. The van der Waals surface area contributed by atoms with E-state index in [0.717, 1.165) is 18.2 Å². The molecule has 0 radical (unpaired) electrons. The fourth-order valence-corrected chi connectivity index (χ4v) is 1.19. The Morgan fingerprint density at radius 3 is 2.65 bits per heavy atom. The molecule has 0 bridgehead atoms. The van der Waals surface area contributed by atoms with Gasteiger partial charge in [-0.25, -0.2) is 13.2 Å². The molecule has 7 heteroatoms. The second kappa shape index (κ2) is 5.37. The van der Waals surface area contributed by atoms with Gasteiger partial charge in [-0.05, 0) is 18.2 Å². The van der Waals surface area contributed by atoms with Crippen LogP contribution in [0.5, 0.6) is 0 Å². The van der Waals surface area contributed by atoms with E-state index in [1.165, 1.54) is 0 Å². The number of halogens is 4. The van der Waals surface area contributed by atoms with Crippen LogP contribution in [0.4, 0.5) is 13.2 Å². The molecule has 0 saturated heterocycles. The first-order valence-electron chi connectivity index (χ1n) is 4.57. The third-order valence-electron chi connectivity index (χ3n) is 1.92. The van der Waals surface area contributed by atoms with Crippen LogP contribution in [0.3, 0.4) is 0 Å². The minimum Gasteiger partial charge on any atom is -0.390 e. The molecule has 0 saturated carbocycles. The van der Waals surface area contributed by atoms with Crippen molar-refractivity contribution in [3.63, 3.8) is 0 Å². The van der Waals surface area contributed by atoms with Gasteiger partial charge in [-0.2, -0.15) is 0 Å². The largest absolute Gasteiger partial charge is 0.390 e. The standard InChI is InChI=1S/C10H9ClF3NO2/c11-7-3-6(1-2-8(7)12)9(17)15-4-10(13,14)5-16/h1-3,16H,4-5H2,(H,15,17). The zero-order valence-corrected chi connectivity index (χ0v) is 9.27. The van der Waals surface area contributed by atoms with E-state index in [0.29, 0.717) is 0 Å². The summed E-state index contributed by atoms with van der Waals surface area (Å²) in [6.07, 6.45) is 0. The van der Waals surface area contributed by atoms with Gasteiger partial charge in [-0.1, -0.05) is 11.6 Å². The summed E-state index contributed by atoms with van der Waals surface area (Å²) in [5.74, 6) is -4.91. The lowest BCUT2D eigenvalue weighted by Crippen LogP contribution is -2.38. The van der Waals surface area contributed by atoms with Crippen molar-refractivity contribution in [2.24, 2.45) is 0 Å². The normalized spacial score (nSPS) is 11.4. The number of carbonyl (C=O) groups excluding carboxylic acids is 1. The molecule has 0 aliphatic heterocycles. The SMILES string of the molecule is O=C(NCC(F)(F)CO)c1ccc(F)c(Cl)c1. The molecule has 94 valence electrons. The number of amides is 1. The van der Waals surface area contributed by atoms with E-state index in [9.17, 15) is 18.0 Å². The van der Waals surface area contributed by atoms with Crippen molar-refractivity contribution in [1.82, 2.24) is 5.32 Å². The van der Waals surface area contributed by atoms with Crippen molar-refractivity contribution < 1.29 is 23.1 Å². The van der Waals surface area contributed by atoms with E-state index in [2.05, 4.69) is 0 Å². The summed E-state index contributed by atoms with van der Waals surface area (Å²) in [5.41, 5.74) is -0.0369. The highest BCUT2D eigenvalue weighted by Gasteiger charge is 2.28. The van der Waals surface area contributed by atoms with Crippen molar-refractivity contribution >= 4 is 17.5 Å². The summed E-state index contributed by atoms with van der Waals surface area (Å²) in [7, 11) is 0. The molecule has 1 aromatic rings. The van der Waals surface area contributed by atoms with Crippen molar-refractivity contribution in [1.29, 1.82) is 0 Å². The minimum absolute atomic E-state index is 0.0369. The van der Waals surface area contributed by atoms with Crippen LogP contribution < -0.4 is 5.32 Å². The number of hydrogen-bond acceptors (Lipinski definition) is 2. The monoisotopic (exact) mass is 267 g/mol. The highest BCUT2D eigenvalue weighted by Crippen LogP contribution is 2.16. The topological polar surface area (TPSA) is 49.3 Å². The Bertz CT molecular complexity index is 426. The third-order valence-corrected chi connectivity index (χ3v) is 2.21. The van der Waals surface area contributed by atoms with Crippen LogP contribution >= 0.6 is 11.6 Å². The van der Waals surface area contributed by atoms with Crippen LogP contribution in [0.25, 0.3) is 0 Å². The zero-order chi connectivity index (χ0) is 13.1. The van der Waals surface area contributed by atoms with Gasteiger partial charge in [0.1, 0.15) is 12.4 Å². The van der Waals surface area contributed by atoms with Gasteiger partial charge in [0.2, 0.25) is 0 Å². The maximum Gasteiger partial charge on any atom is 0.287 e. The van der Waals surface area contributed by atoms with Crippen LogP contribution in [-0.4, -0.2) is 30.1 Å². The fraction of sp³-hybridized carbons (Fsp3) is 0.300.